The number of likely N-dealkylation sites (tertiary alicyclic amines) is 1. The molecule has 0 spiro atoms. The number of hydrogen-bond acceptors (Lipinski definition) is 3. The van der Waals surface area contributed by atoms with E-state index in [1.807, 2.05) is 25.1 Å². The molecule has 0 amide bonds. The van der Waals surface area contributed by atoms with Crippen LogP contribution in [0.5, 0.6) is 0 Å². The van der Waals surface area contributed by atoms with Crippen molar-refractivity contribution in [1.82, 2.24) is 15.2 Å². The van der Waals surface area contributed by atoms with Crippen molar-refractivity contribution < 1.29 is 0 Å². The van der Waals surface area contributed by atoms with E-state index in [2.05, 4.69) is 34.4 Å². The standard InChI is InChI=1S/C17H28N4S/c1-13-10-14(2)12-21(11-13)9-5-8-18-17(22)20-16-7-4-6-15(3)19-16/h4,6-7,13-14H,5,8-12H2,1-3H3,(H2,18,19,20,22)/t13-,14+. The Kier molecular flexibility index (Phi) is 6.58. The number of nitrogens with zero attached hydrogens (tertiary/aromatic N) is 2. The smallest absolute Gasteiger partial charge is 0.171 e. The van der Waals surface area contributed by atoms with Gasteiger partial charge in [-0.25, -0.2) is 4.98 Å². The first-order valence-electron chi connectivity index (χ1n) is 8.24. The SMILES string of the molecule is Cc1cccc(NC(=S)NCCCN2C[C@H](C)C[C@H](C)C2)n1. The molecule has 4 nitrogen and oxygen atoms in total. The van der Waals surface area contributed by atoms with Crippen molar-refractivity contribution in [3.63, 3.8) is 0 Å². The van der Waals surface area contributed by atoms with E-state index in [0.717, 1.165) is 42.9 Å². The van der Waals surface area contributed by atoms with E-state index in [1.54, 1.807) is 0 Å². The third kappa shape index (κ3) is 5.89. The second kappa shape index (κ2) is 8.44. The lowest BCUT2D eigenvalue weighted by molar-refractivity contribution is 0.140. The van der Waals surface area contributed by atoms with E-state index in [1.165, 1.54) is 19.5 Å². The van der Waals surface area contributed by atoms with E-state index in [9.17, 15) is 0 Å². The van der Waals surface area contributed by atoms with E-state index < -0.39 is 0 Å². The van der Waals surface area contributed by atoms with Gasteiger partial charge in [0.05, 0.1) is 0 Å². The van der Waals surface area contributed by atoms with Crippen molar-refractivity contribution in [2.75, 3.05) is 31.5 Å². The van der Waals surface area contributed by atoms with Crippen LogP contribution < -0.4 is 10.6 Å². The van der Waals surface area contributed by atoms with Gasteiger partial charge in [-0.3, -0.25) is 0 Å². The van der Waals surface area contributed by atoms with E-state index >= 15 is 0 Å². The number of nitrogens with one attached hydrogen (secondary N) is 2. The van der Waals surface area contributed by atoms with Crippen molar-refractivity contribution in [2.45, 2.75) is 33.6 Å². The van der Waals surface area contributed by atoms with Crippen LogP contribution in [0.1, 0.15) is 32.4 Å². The van der Waals surface area contributed by atoms with Crippen molar-refractivity contribution in [1.29, 1.82) is 0 Å². The van der Waals surface area contributed by atoms with Gasteiger partial charge in [-0.1, -0.05) is 19.9 Å². The predicted molar refractivity (Wildman–Crippen MR) is 97.2 cm³/mol. The molecule has 0 saturated carbocycles. The molecule has 1 aliphatic rings. The molecule has 2 heterocycles. The van der Waals surface area contributed by atoms with Gasteiger partial charge in [0.2, 0.25) is 0 Å². The molecule has 1 aromatic heterocycles. The molecule has 22 heavy (non-hydrogen) atoms. The second-order valence-electron chi connectivity index (χ2n) is 6.60. The number of hydrogen-bond donors (Lipinski definition) is 2. The van der Waals surface area contributed by atoms with Gasteiger partial charge in [0.1, 0.15) is 5.82 Å². The lowest BCUT2D eigenvalue weighted by Gasteiger charge is -2.34. The van der Waals surface area contributed by atoms with Gasteiger partial charge >= 0.3 is 0 Å². The predicted octanol–water partition coefficient (Wildman–Crippen LogP) is 3.04. The Morgan fingerprint density at radius 3 is 2.73 bits per heavy atom. The summed E-state index contributed by atoms with van der Waals surface area (Å²) >= 11 is 5.31. The topological polar surface area (TPSA) is 40.2 Å². The summed E-state index contributed by atoms with van der Waals surface area (Å²) in [5.41, 5.74) is 0.987. The van der Waals surface area contributed by atoms with Crippen LogP contribution in [-0.2, 0) is 0 Å². The molecule has 0 radical (unpaired) electrons. The molecule has 2 N–H and O–H groups in total. The van der Waals surface area contributed by atoms with Crippen molar-refractivity contribution in [3.8, 4) is 0 Å². The molecule has 0 aromatic carbocycles. The molecule has 0 bridgehead atoms. The zero-order valence-corrected chi connectivity index (χ0v) is 14.7. The molecule has 2 rings (SSSR count). The van der Waals surface area contributed by atoms with Gasteiger partial charge < -0.3 is 15.5 Å². The Morgan fingerprint density at radius 2 is 2.05 bits per heavy atom. The number of rotatable bonds is 5. The van der Waals surface area contributed by atoms with Crippen LogP contribution in [0.2, 0.25) is 0 Å². The molecule has 122 valence electrons. The zero-order valence-electron chi connectivity index (χ0n) is 13.9. The summed E-state index contributed by atoms with van der Waals surface area (Å²) < 4.78 is 0. The second-order valence-corrected chi connectivity index (χ2v) is 7.01. The highest BCUT2D eigenvalue weighted by Crippen LogP contribution is 2.20. The summed E-state index contributed by atoms with van der Waals surface area (Å²) in [6, 6.07) is 5.88. The molecule has 1 aromatic rings. The van der Waals surface area contributed by atoms with E-state index in [-0.39, 0.29) is 0 Å². The minimum absolute atomic E-state index is 0.651. The quantitative estimate of drug-likeness (QED) is 0.644. The van der Waals surface area contributed by atoms with Crippen LogP contribution in [-0.4, -0.2) is 41.2 Å². The number of piperidine rings is 1. The summed E-state index contributed by atoms with van der Waals surface area (Å²) in [6.07, 6.45) is 2.48. The minimum Gasteiger partial charge on any atom is -0.362 e. The van der Waals surface area contributed by atoms with Gasteiger partial charge in [-0.2, -0.15) is 0 Å². The lowest BCUT2D eigenvalue weighted by atomic mass is 9.92. The number of thiocarbonyl (C=S) groups is 1. The van der Waals surface area contributed by atoms with Crippen LogP contribution in [0, 0.1) is 18.8 Å². The fourth-order valence-corrected chi connectivity index (χ4v) is 3.46. The molecule has 1 fully saturated rings. The molecule has 2 atom stereocenters. The Hall–Kier alpha value is -1.20. The summed E-state index contributed by atoms with van der Waals surface area (Å²) in [4.78, 5) is 6.97. The van der Waals surface area contributed by atoms with Crippen LogP contribution in [0.15, 0.2) is 18.2 Å². The third-order valence-corrected chi connectivity index (χ3v) is 4.26. The van der Waals surface area contributed by atoms with Crippen LogP contribution >= 0.6 is 12.2 Å². The highest BCUT2D eigenvalue weighted by atomic mass is 32.1. The molecule has 0 aliphatic carbocycles. The van der Waals surface area contributed by atoms with Crippen molar-refractivity contribution in [3.05, 3.63) is 23.9 Å². The van der Waals surface area contributed by atoms with Crippen LogP contribution in [0.25, 0.3) is 0 Å². The largest absolute Gasteiger partial charge is 0.362 e. The normalized spacial score (nSPS) is 22.3. The van der Waals surface area contributed by atoms with Gasteiger partial charge in [-0.15, -0.1) is 0 Å². The van der Waals surface area contributed by atoms with Gasteiger partial charge in [0.15, 0.2) is 5.11 Å². The maximum Gasteiger partial charge on any atom is 0.171 e. The zero-order chi connectivity index (χ0) is 15.9. The van der Waals surface area contributed by atoms with Crippen molar-refractivity contribution >= 4 is 23.1 Å². The number of aryl methyl sites for hydroxylation is 1. The molecular formula is C17H28N4S. The first kappa shape index (κ1) is 17.2. The van der Waals surface area contributed by atoms with Gasteiger partial charge in [-0.05, 0) is 62.5 Å². The van der Waals surface area contributed by atoms with E-state index in [0.29, 0.717) is 5.11 Å². The number of pyridine rings is 1. The summed E-state index contributed by atoms with van der Waals surface area (Å²) in [5.74, 6) is 2.45. The number of aromatic nitrogens is 1. The third-order valence-electron chi connectivity index (χ3n) is 4.01. The minimum atomic E-state index is 0.651. The molecule has 1 aliphatic heterocycles. The monoisotopic (exact) mass is 320 g/mol. The van der Waals surface area contributed by atoms with Crippen molar-refractivity contribution in [2.24, 2.45) is 11.8 Å². The van der Waals surface area contributed by atoms with E-state index in [4.69, 9.17) is 12.2 Å². The first-order valence-corrected chi connectivity index (χ1v) is 8.64. The lowest BCUT2D eigenvalue weighted by Crippen LogP contribution is -2.40. The molecule has 1 saturated heterocycles. The molecule has 0 unspecified atom stereocenters. The van der Waals surface area contributed by atoms with Crippen LogP contribution in [0.4, 0.5) is 5.82 Å². The van der Waals surface area contributed by atoms with Crippen LogP contribution in [0.3, 0.4) is 0 Å². The summed E-state index contributed by atoms with van der Waals surface area (Å²) in [7, 11) is 0. The Balaban J connectivity index is 1.63. The highest BCUT2D eigenvalue weighted by molar-refractivity contribution is 7.80. The summed E-state index contributed by atoms with van der Waals surface area (Å²) in [5, 5.41) is 7.05. The fraction of sp³-hybridized carbons (Fsp3) is 0.647. The Morgan fingerprint density at radius 1 is 1.32 bits per heavy atom. The van der Waals surface area contributed by atoms with Gasteiger partial charge in [0.25, 0.3) is 0 Å². The summed E-state index contributed by atoms with van der Waals surface area (Å²) in [6.45, 7) is 11.2. The maximum atomic E-state index is 5.31. The molecule has 5 heteroatoms. The fourth-order valence-electron chi connectivity index (χ4n) is 3.25. The molecular weight excluding hydrogens is 292 g/mol. The maximum absolute atomic E-state index is 5.31. The first-order chi connectivity index (χ1) is 10.5. The average Bonchev–Trinajstić information content (AvgIpc) is 2.42. The average molecular weight is 321 g/mol. The Bertz CT molecular complexity index is 481. The number of anilines is 1. The highest BCUT2D eigenvalue weighted by Gasteiger charge is 2.20. The Labute approximate surface area is 139 Å². The van der Waals surface area contributed by atoms with Gasteiger partial charge in [0, 0.05) is 25.3 Å².